The minimum absolute atomic E-state index is 0.208. The van der Waals surface area contributed by atoms with E-state index in [1.54, 1.807) is 6.07 Å². The van der Waals surface area contributed by atoms with Gasteiger partial charge in [-0.2, -0.15) is 0 Å². The Morgan fingerprint density at radius 1 is 1.38 bits per heavy atom. The van der Waals surface area contributed by atoms with E-state index in [4.69, 9.17) is 0 Å². The summed E-state index contributed by atoms with van der Waals surface area (Å²) in [6, 6.07) is 3.63. The van der Waals surface area contributed by atoms with Crippen LogP contribution in [0, 0.1) is 11.6 Å². The third kappa shape index (κ3) is 1.95. The van der Waals surface area contributed by atoms with Gasteiger partial charge in [0.2, 0.25) is 0 Å². The van der Waals surface area contributed by atoms with Crippen LogP contribution in [0.3, 0.4) is 0 Å². The van der Waals surface area contributed by atoms with Crippen LogP contribution in [-0.2, 0) is 0 Å². The molecule has 1 saturated heterocycles. The average Bonchev–Trinajstić information content (AvgIpc) is 2.64. The summed E-state index contributed by atoms with van der Waals surface area (Å²) in [5.41, 5.74) is 0.644. The minimum atomic E-state index is -0.854. The molecule has 88 valence electrons. The van der Waals surface area contributed by atoms with Crippen molar-refractivity contribution in [2.45, 2.75) is 25.5 Å². The van der Waals surface area contributed by atoms with Crippen LogP contribution in [-0.4, -0.2) is 29.2 Å². The van der Waals surface area contributed by atoms with Crippen molar-refractivity contribution in [1.82, 2.24) is 4.90 Å². The Hall–Kier alpha value is -1.00. The third-order valence-corrected chi connectivity index (χ3v) is 3.16. The predicted molar refractivity (Wildman–Crippen MR) is 57.0 cm³/mol. The van der Waals surface area contributed by atoms with Gasteiger partial charge >= 0.3 is 0 Å². The Labute approximate surface area is 93.5 Å². The highest BCUT2D eigenvalue weighted by atomic mass is 19.2. The van der Waals surface area contributed by atoms with E-state index < -0.39 is 17.7 Å². The van der Waals surface area contributed by atoms with Crippen molar-refractivity contribution in [3.8, 4) is 0 Å². The number of likely N-dealkylation sites (tertiary alicyclic amines) is 1. The smallest absolute Gasteiger partial charge is 0.159 e. The van der Waals surface area contributed by atoms with Crippen LogP contribution in [0.1, 0.15) is 24.9 Å². The Balaban J connectivity index is 2.31. The first-order valence-corrected chi connectivity index (χ1v) is 5.50. The lowest BCUT2D eigenvalue weighted by molar-refractivity contribution is 0.118. The monoisotopic (exact) mass is 227 g/mol. The molecule has 0 aliphatic carbocycles. The number of hydrogen-bond acceptors (Lipinski definition) is 2. The molecule has 0 bridgehead atoms. The van der Waals surface area contributed by atoms with Gasteiger partial charge in [0.1, 0.15) is 0 Å². The van der Waals surface area contributed by atoms with E-state index in [0.717, 1.165) is 19.2 Å². The van der Waals surface area contributed by atoms with Crippen molar-refractivity contribution in [2.24, 2.45) is 0 Å². The van der Waals surface area contributed by atoms with E-state index in [2.05, 4.69) is 4.90 Å². The zero-order valence-corrected chi connectivity index (χ0v) is 9.16. The average molecular weight is 227 g/mol. The third-order valence-electron chi connectivity index (χ3n) is 3.16. The Kier molecular flexibility index (Phi) is 3.21. The summed E-state index contributed by atoms with van der Waals surface area (Å²) in [4.78, 5) is 2.07. The largest absolute Gasteiger partial charge is 0.391 e. The van der Waals surface area contributed by atoms with Crippen LogP contribution in [0.2, 0.25) is 0 Å². The molecule has 1 N–H and O–H groups in total. The van der Waals surface area contributed by atoms with Crippen LogP contribution in [0.25, 0.3) is 0 Å². The number of likely N-dealkylation sites (N-methyl/N-ethyl adjacent to an activating group) is 1. The molecule has 0 aromatic heterocycles. The van der Waals surface area contributed by atoms with Gasteiger partial charge in [-0.1, -0.05) is 13.0 Å². The molecule has 1 heterocycles. The van der Waals surface area contributed by atoms with Crippen LogP contribution in [0.4, 0.5) is 8.78 Å². The van der Waals surface area contributed by atoms with Gasteiger partial charge in [0.15, 0.2) is 11.6 Å². The molecular formula is C12H15F2NO. The van der Waals surface area contributed by atoms with E-state index in [1.807, 2.05) is 6.92 Å². The summed E-state index contributed by atoms with van der Waals surface area (Å²) in [6.45, 7) is 3.58. The van der Waals surface area contributed by atoms with E-state index in [0.29, 0.717) is 12.0 Å². The lowest BCUT2D eigenvalue weighted by atomic mass is 10.0. The van der Waals surface area contributed by atoms with Crippen molar-refractivity contribution in [3.63, 3.8) is 0 Å². The number of benzene rings is 1. The van der Waals surface area contributed by atoms with Crippen LogP contribution in [0.15, 0.2) is 18.2 Å². The van der Waals surface area contributed by atoms with Crippen molar-refractivity contribution in [1.29, 1.82) is 0 Å². The van der Waals surface area contributed by atoms with Gasteiger partial charge in [-0.3, -0.25) is 4.90 Å². The summed E-state index contributed by atoms with van der Waals surface area (Å²) < 4.78 is 25.9. The van der Waals surface area contributed by atoms with E-state index in [9.17, 15) is 13.9 Å². The normalized spacial score (nSPS) is 26.2. The molecular weight excluding hydrogens is 212 g/mol. The SMILES string of the molecule is CCN1CCC(O)C1c1ccc(F)c(F)c1. The molecule has 0 radical (unpaired) electrons. The number of aliphatic hydroxyl groups excluding tert-OH is 1. The van der Waals surface area contributed by atoms with Gasteiger partial charge in [0.05, 0.1) is 12.1 Å². The maximum atomic E-state index is 13.1. The summed E-state index contributed by atoms with van der Waals surface area (Å²) >= 11 is 0. The highest BCUT2D eigenvalue weighted by molar-refractivity contribution is 5.23. The number of hydrogen-bond donors (Lipinski definition) is 1. The van der Waals surface area contributed by atoms with Crippen molar-refractivity contribution < 1.29 is 13.9 Å². The zero-order chi connectivity index (χ0) is 11.7. The quantitative estimate of drug-likeness (QED) is 0.836. The Morgan fingerprint density at radius 3 is 2.75 bits per heavy atom. The highest BCUT2D eigenvalue weighted by Crippen LogP contribution is 2.32. The molecule has 1 aliphatic rings. The minimum Gasteiger partial charge on any atom is -0.391 e. The number of rotatable bonds is 2. The first-order valence-electron chi connectivity index (χ1n) is 5.50. The van der Waals surface area contributed by atoms with Gasteiger partial charge in [-0.25, -0.2) is 8.78 Å². The molecule has 0 spiro atoms. The van der Waals surface area contributed by atoms with Gasteiger partial charge in [0.25, 0.3) is 0 Å². The van der Waals surface area contributed by atoms with E-state index in [-0.39, 0.29) is 6.04 Å². The predicted octanol–water partition coefficient (Wildman–Crippen LogP) is 2.09. The fourth-order valence-corrected chi connectivity index (χ4v) is 2.32. The van der Waals surface area contributed by atoms with E-state index >= 15 is 0 Å². The molecule has 0 amide bonds. The number of halogens is 2. The highest BCUT2D eigenvalue weighted by Gasteiger charge is 2.33. The number of nitrogens with zero attached hydrogens (tertiary/aromatic N) is 1. The van der Waals surface area contributed by atoms with E-state index in [1.165, 1.54) is 6.07 Å². The van der Waals surface area contributed by atoms with Crippen molar-refractivity contribution in [3.05, 3.63) is 35.4 Å². The Bertz CT molecular complexity index is 383. The Morgan fingerprint density at radius 2 is 2.12 bits per heavy atom. The number of aliphatic hydroxyl groups is 1. The fraction of sp³-hybridized carbons (Fsp3) is 0.500. The second-order valence-corrected chi connectivity index (χ2v) is 4.10. The molecule has 16 heavy (non-hydrogen) atoms. The summed E-state index contributed by atoms with van der Waals surface area (Å²) in [6.07, 6.45) is 0.183. The van der Waals surface area contributed by atoms with Crippen LogP contribution < -0.4 is 0 Å². The lowest BCUT2D eigenvalue weighted by Gasteiger charge is -2.25. The summed E-state index contributed by atoms with van der Waals surface area (Å²) in [5, 5.41) is 9.85. The molecule has 1 aromatic rings. The van der Waals surface area contributed by atoms with Gasteiger partial charge in [0, 0.05) is 6.54 Å². The van der Waals surface area contributed by atoms with Crippen LogP contribution >= 0.6 is 0 Å². The second-order valence-electron chi connectivity index (χ2n) is 4.10. The lowest BCUT2D eigenvalue weighted by Crippen LogP contribution is -2.27. The maximum Gasteiger partial charge on any atom is 0.159 e. The molecule has 1 aliphatic heterocycles. The fourth-order valence-electron chi connectivity index (χ4n) is 2.32. The van der Waals surface area contributed by atoms with Gasteiger partial charge < -0.3 is 5.11 Å². The summed E-state index contributed by atoms with van der Waals surface area (Å²) in [5.74, 6) is -1.70. The first-order chi connectivity index (χ1) is 7.63. The molecule has 2 unspecified atom stereocenters. The van der Waals surface area contributed by atoms with Crippen molar-refractivity contribution >= 4 is 0 Å². The van der Waals surface area contributed by atoms with Crippen LogP contribution in [0.5, 0.6) is 0 Å². The molecule has 2 nitrogen and oxygen atoms in total. The van der Waals surface area contributed by atoms with Crippen molar-refractivity contribution in [2.75, 3.05) is 13.1 Å². The zero-order valence-electron chi connectivity index (χ0n) is 9.16. The topological polar surface area (TPSA) is 23.5 Å². The maximum absolute atomic E-state index is 13.1. The second kappa shape index (κ2) is 4.47. The molecule has 0 saturated carbocycles. The first kappa shape index (κ1) is 11.5. The molecule has 4 heteroatoms. The van der Waals surface area contributed by atoms with Gasteiger partial charge in [-0.15, -0.1) is 0 Å². The molecule has 1 aromatic carbocycles. The molecule has 2 atom stereocenters. The van der Waals surface area contributed by atoms with Gasteiger partial charge in [-0.05, 0) is 30.7 Å². The molecule has 2 rings (SSSR count). The standard InChI is InChI=1S/C12H15F2NO/c1-2-15-6-5-11(16)12(15)8-3-4-9(13)10(14)7-8/h3-4,7,11-12,16H,2,5-6H2,1H3. The molecule has 1 fully saturated rings. The summed E-state index contributed by atoms with van der Waals surface area (Å²) in [7, 11) is 0.